The van der Waals surface area contributed by atoms with Gasteiger partial charge < -0.3 is 9.84 Å². The molecule has 0 aliphatic rings. The van der Waals surface area contributed by atoms with Crippen LogP contribution < -0.4 is 9.80 Å². The largest absolute Gasteiger partial charge is 0.508 e. The Kier molecular flexibility index (Phi) is 10.9. The van der Waals surface area contributed by atoms with Crippen LogP contribution in [0.2, 0.25) is 0 Å². The maximum absolute atomic E-state index is 12.2. The van der Waals surface area contributed by atoms with Crippen molar-refractivity contribution >= 4 is 11.6 Å². The van der Waals surface area contributed by atoms with Crippen molar-refractivity contribution in [1.29, 1.82) is 0 Å². The van der Waals surface area contributed by atoms with E-state index in [-0.39, 0.29) is 12.2 Å². The molecule has 0 aromatic heterocycles. The lowest BCUT2D eigenvalue weighted by atomic mass is 10.00. The second-order valence-corrected chi connectivity index (χ2v) is 8.03. The van der Waals surface area contributed by atoms with E-state index in [2.05, 4.69) is 32.0 Å². The van der Waals surface area contributed by atoms with E-state index < -0.39 is 5.91 Å². The van der Waals surface area contributed by atoms with Gasteiger partial charge in [-0.1, -0.05) is 51.7 Å². The van der Waals surface area contributed by atoms with Gasteiger partial charge in [0.25, 0.3) is 5.91 Å². The van der Waals surface area contributed by atoms with Crippen LogP contribution in [0.5, 0.6) is 11.5 Å². The molecule has 2 N–H and O–H groups in total. The highest BCUT2D eigenvalue weighted by atomic mass is 16.5. The van der Waals surface area contributed by atoms with Crippen LogP contribution in [0.3, 0.4) is 0 Å². The number of phenols is 1. The minimum absolute atomic E-state index is 0.0872. The molecule has 0 saturated heterocycles. The number of nitrogens with zero attached hydrogens (tertiary/aromatic N) is 1. The van der Waals surface area contributed by atoms with Gasteiger partial charge in [-0.3, -0.25) is 10.0 Å². The number of carbonyl (C=O) groups is 1. The predicted molar refractivity (Wildman–Crippen MR) is 125 cm³/mol. The molecule has 0 bridgehead atoms. The topological polar surface area (TPSA) is 70.0 Å². The minimum atomic E-state index is -0.399. The third-order valence-electron chi connectivity index (χ3n) is 5.37. The van der Waals surface area contributed by atoms with Gasteiger partial charge in [0.2, 0.25) is 0 Å². The van der Waals surface area contributed by atoms with Crippen LogP contribution in [0.4, 0.5) is 5.69 Å². The van der Waals surface area contributed by atoms with Gasteiger partial charge in [-0.05, 0) is 73.6 Å². The number of hydroxylamine groups is 1. The summed E-state index contributed by atoms with van der Waals surface area (Å²) >= 11 is 0. The maximum Gasteiger partial charge on any atom is 0.250 e. The Morgan fingerprint density at radius 1 is 0.903 bits per heavy atom. The number of aryl methyl sites for hydroxylation is 2. The standard InChI is InChI=1S/C26H37NO4/c1-3-5-7-10-21-13-18-25(22(20-21)11-8-6-4-2)31-19-9-12-26(29)27(30)23-14-16-24(28)17-15-23/h13-18,20,28,30H,3-12,19H2,1-2H3. The number of hydrogen-bond donors (Lipinski definition) is 2. The zero-order valence-electron chi connectivity index (χ0n) is 19.0. The van der Waals surface area contributed by atoms with E-state index in [0.29, 0.717) is 23.8 Å². The number of amides is 1. The summed E-state index contributed by atoms with van der Waals surface area (Å²) in [6.07, 6.45) is 10.0. The van der Waals surface area contributed by atoms with Crippen LogP contribution >= 0.6 is 0 Å². The zero-order valence-corrected chi connectivity index (χ0v) is 19.0. The van der Waals surface area contributed by atoms with E-state index in [4.69, 9.17) is 4.74 Å². The molecule has 170 valence electrons. The third kappa shape index (κ3) is 8.62. The second-order valence-electron chi connectivity index (χ2n) is 8.03. The van der Waals surface area contributed by atoms with Crippen molar-refractivity contribution in [3.63, 3.8) is 0 Å². The van der Waals surface area contributed by atoms with Gasteiger partial charge in [0, 0.05) is 6.42 Å². The average Bonchev–Trinajstić information content (AvgIpc) is 2.78. The Morgan fingerprint density at radius 2 is 1.58 bits per heavy atom. The number of rotatable bonds is 14. The van der Waals surface area contributed by atoms with Crippen molar-refractivity contribution in [3.05, 3.63) is 53.6 Å². The van der Waals surface area contributed by atoms with E-state index in [0.717, 1.165) is 25.0 Å². The minimum Gasteiger partial charge on any atom is -0.508 e. The smallest absolute Gasteiger partial charge is 0.250 e. The summed E-state index contributed by atoms with van der Waals surface area (Å²) in [5, 5.41) is 20.0. The van der Waals surface area contributed by atoms with E-state index in [1.54, 1.807) is 0 Å². The molecule has 5 heteroatoms. The number of aromatic hydroxyl groups is 1. The SMILES string of the molecule is CCCCCc1ccc(OCCCC(=O)N(O)c2ccc(O)cc2)c(CCCCC)c1. The van der Waals surface area contributed by atoms with Gasteiger partial charge in [-0.2, -0.15) is 5.06 Å². The van der Waals surface area contributed by atoms with Crippen LogP contribution in [-0.4, -0.2) is 22.8 Å². The predicted octanol–water partition coefficient (Wildman–Crippen LogP) is 6.44. The summed E-state index contributed by atoms with van der Waals surface area (Å²) in [6.45, 7) is 4.85. The van der Waals surface area contributed by atoms with E-state index in [1.807, 2.05) is 0 Å². The average molecular weight is 428 g/mol. The van der Waals surface area contributed by atoms with E-state index in [9.17, 15) is 15.1 Å². The van der Waals surface area contributed by atoms with Crippen LogP contribution in [0.1, 0.15) is 76.3 Å². The third-order valence-corrected chi connectivity index (χ3v) is 5.37. The monoisotopic (exact) mass is 427 g/mol. The molecule has 0 atom stereocenters. The van der Waals surface area contributed by atoms with E-state index >= 15 is 0 Å². The Hall–Kier alpha value is -2.53. The van der Waals surface area contributed by atoms with Crippen molar-refractivity contribution in [2.45, 2.75) is 78.1 Å². The second kappa shape index (κ2) is 13.7. The number of unbranched alkanes of at least 4 members (excludes halogenated alkanes) is 4. The fourth-order valence-corrected chi connectivity index (χ4v) is 3.52. The molecule has 0 saturated carbocycles. The van der Waals surface area contributed by atoms with Gasteiger partial charge in [0.1, 0.15) is 11.5 Å². The van der Waals surface area contributed by atoms with Gasteiger partial charge in [0.05, 0.1) is 12.3 Å². The van der Waals surface area contributed by atoms with Gasteiger partial charge >= 0.3 is 0 Å². The molecule has 0 aliphatic heterocycles. The summed E-state index contributed by atoms with van der Waals surface area (Å²) < 4.78 is 6.01. The maximum atomic E-state index is 12.2. The highest BCUT2D eigenvalue weighted by molar-refractivity contribution is 5.90. The van der Waals surface area contributed by atoms with Gasteiger partial charge in [-0.15, -0.1) is 0 Å². The van der Waals surface area contributed by atoms with Crippen molar-refractivity contribution in [2.75, 3.05) is 11.7 Å². The molecule has 0 radical (unpaired) electrons. The Labute approximate surface area is 186 Å². The molecular weight excluding hydrogens is 390 g/mol. The molecule has 0 heterocycles. The van der Waals surface area contributed by atoms with Crippen LogP contribution in [0.15, 0.2) is 42.5 Å². The van der Waals surface area contributed by atoms with Gasteiger partial charge in [0.15, 0.2) is 0 Å². The first-order valence-electron chi connectivity index (χ1n) is 11.6. The lowest BCUT2D eigenvalue weighted by Crippen LogP contribution is -2.27. The number of carbonyl (C=O) groups excluding carboxylic acids is 1. The first-order valence-corrected chi connectivity index (χ1v) is 11.6. The molecule has 5 nitrogen and oxygen atoms in total. The Morgan fingerprint density at radius 3 is 2.26 bits per heavy atom. The molecule has 0 unspecified atom stereocenters. The molecule has 0 aliphatic carbocycles. The summed E-state index contributed by atoms with van der Waals surface area (Å²) in [4.78, 5) is 12.2. The molecular formula is C26H37NO4. The summed E-state index contributed by atoms with van der Waals surface area (Å²) in [7, 11) is 0. The van der Waals surface area contributed by atoms with Crippen LogP contribution in [-0.2, 0) is 17.6 Å². The van der Waals surface area contributed by atoms with Crippen molar-refractivity contribution in [2.24, 2.45) is 0 Å². The molecule has 2 aromatic rings. The summed E-state index contributed by atoms with van der Waals surface area (Å²) in [6, 6.07) is 12.4. The van der Waals surface area contributed by atoms with Crippen molar-refractivity contribution in [3.8, 4) is 11.5 Å². The lowest BCUT2D eigenvalue weighted by Gasteiger charge is -2.16. The number of phenolic OH excluding ortho intramolecular Hbond substituents is 1. The number of anilines is 1. The summed E-state index contributed by atoms with van der Waals surface area (Å²) in [5.74, 6) is 0.593. The molecule has 0 spiro atoms. The first kappa shape index (κ1) is 24.7. The zero-order chi connectivity index (χ0) is 22.5. The first-order chi connectivity index (χ1) is 15.0. The van der Waals surface area contributed by atoms with Gasteiger partial charge in [-0.25, -0.2) is 0 Å². The van der Waals surface area contributed by atoms with Crippen LogP contribution in [0, 0.1) is 0 Å². The quantitative estimate of drug-likeness (QED) is 0.207. The number of hydrogen-bond acceptors (Lipinski definition) is 4. The fraction of sp³-hybridized carbons (Fsp3) is 0.500. The Bertz CT molecular complexity index is 788. The Balaban J connectivity index is 1.87. The molecule has 2 aromatic carbocycles. The molecule has 0 fully saturated rings. The van der Waals surface area contributed by atoms with Crippen molar-refractivity contribution in [1.82, 2.24) is 0 Å². The number of benzene rings is 2. The highest BCUT2D eigenvalue weighted by Gasteiger charge is 2.13. The fourth-order valence-electron chi connectivity index (χ4n) is 3.52. The summed E-state index contributed by atoms with van der Waals surface area (Å²) in [5.41, 5.74) is 2.95. The normalized spacial score (nSPS) is 10.8. The van der Waals surface area contributed by atoms with E-state index in [1.165, 1.54) is 67.5 Å². The van der Waals surface area contributed by atoms with Crippen molar-refractivity contribution < 1.29 is 19.8 Å². The van der Waals surface area contributed by atoms with Crippen LogP contribution in [0.25, 0.3) is 0 Å². The molecule has 31 heavy (non-hydrogen) atoms. The highest BCUT2D eigenvalue weighted by Crippen LogP contribution is 2.24. The number of ether oxygens (including phenoxy) is 1. The molecule has 1 amide bonds. The lowest BCUT2D eigenvalue weighted by molar-refractivity contribution is -0.123. The molecule has 2 rings (SSSR count).